The van der Waals surface area contributed by atoms with Crippen LogP contribution in [-0.2, 0) is 0 Å². The molecular weight excluding hydrogens is 232 g/mol. The highest BCUT2D eigenvalue weighted by Gasteiger charge is 2.12. The zero-order chi connectivity index (χ0) is 12.8. The molecule has 0 spiro atoms. The van der Waals surface area contributed by atoms with Gasteiger partial charge in [-0.1, -0.05) is 12.1 Å². The van der Waals surface area contributed by atoms with Gasteiger partial charge in [0.1, 0.15) is 5.82 Å². The van der Waals surface area contributed by atoms with Crippen LogP contribution < -0.4 is 10.6 Å². The quantitative estimate of drug-likeness (QED) is 0.816. The molecule has 98 valence electrons. The highest BCUT2D eigenvalue weighted by Crippen LogP contribution is 2.05. The second kappa shape index (κ2) is 6.47. The van der Waals surface area contributed by atoms with Gasteiger partial charge in [0.2, 0.25) is 0 Å². The van der Waals surface area contributed by atoms with Crippen LogP contribution in [0.3, 0.4) is 0 Å². The van der Waals surface area contributed by atoms with Crippen LogP contribution in [0.15, 0.2) is 24.3 Å². The molecule has 5 heteroatoms. The van der Waals surface area contributed by atoms with Crippen molar-refractivity contribution in [1.82, 2.24) is 15.5 Å². The lowest BCUT2D eigenvalue weighted by molar-refractivity contribution is 0.0943. The third-order valence-electron chi connectivity index (χ3n) is 3.04. The van der Waals surface area contributed by atoms with E-state index in [0.717, 1.165) is 32.7 Å². The molecule has 1 fully saturated rings. The third kappa shape index (κ3) is 3.51. The van der Waals surface area contributed by atoms with E-state index in [4.69, 9.17) is 0 Å². The molecule has 0 bridgehead atoms. The standard InChI is InChI=1S/C13H18FN3O/c14-12-4-2-1-3-11(12)13(18)16-7-10-17-8-5-15-6-9-17/h1-4,15H,5-10H2,(H,16,18)/i14-1. The van der Waals surface area contributed by atoms with Crippen molar-refractivity contribution < 1.29 is 9.18 Å². The average molecular weight is 250 g/mol. The van der Waals surface area contributed by atoms with Crippen molar-refractivity contribution in [1.29, 1.82) is 0 Å². The van der Waals surface area contributed by atoms with Gasteiger partial charge in [-0.3, -0.25) is 9.69 Å². The summed E-state index contributed by atoms with van der Waals surface area (Å²) in [4.78, 5) is 14.0. The van der Waals surface area contributed by atoms with Gasteiger partial charge in [-0.25, -0.2) is 4.39 Å². The van der Waals surface area contributed by atoms with Crippen LogP contribution in [0.25, 0.3) is 0 Å². The van der Waals surface area contributed by atoms with Gasteiger partial charge in [0.05, 0.1) is 5.56 Å². The van der Waals surface area contributed by atoms with Crippen molar-refractivity contribution in [2.45, 2.75) is 0 Å². The number of carbonyl (C=O) groups is 1. The molecule has 0 aromatic heterocycles. The van der Waals surface area contributed by atoms with E-state index in [1.54, 1.807) is 12.1 Å². The fourth-order valence-electron chi connectivity index (χ4n) is 2.00. The fourth-order valence-corrected chi connectivity index (χ4v) is 2.00. The van der Waals surface area contributed by atoms with E-state index in [-0.39, 0.29) is 11.5 Å². The van der Waals surface area contributed by atoms with Crippen LogP contribution in [0.2, 0.25) is 0 Å². The molecule has 1 aromatic carbocycles. The minimum absolute atomic E-state index is 0.109. The molecule has 1 aromatic rings. The molecule has 1 aliphatic heterocycles. The summed E-state index contributed by atoms with van der Waals surface area (Å²) >= 11 is 0. The predicted molar refractivity (Wildman–Crippen MR) is 68.0 cm³/mol. The van der Waals surface area contributed by atoms with E-state index in [1.807, 2.05) is 0 Å². The lowest BCUT2D eigenvalue weighted by Gasteiger charge is -2.27. The zero-order valence-corrected chi connectivity index (χ0v) is 10.3. The lowest BCUT2D eigenvalue weighted by atomic mass is 10.2. The molecular formula is C13H18FN3O. The molecule has 4 nitrogen and oxygen atoms in total. The molecule has 18 heavy (non-hydrogen) atoms. The number of hydrogen-bond acceptors (Lipinski definition) is 3. The predicted octanol–water partition coefficient (Wildman–Crippen LogP) is 0.461. The Kier molecular flexibility index (Phi) is 4.66. The molecule has 1 amide bonds. The smallest absolute Gasteiger partial charge is 0.254 e. The molecule has 2 N–H and O–H groups in total. The van der Waals surface area contributed by atoms with Gasteiger partial charge in [-0.05, 0) is 12.1 Å². The lowest BCUT2D eigenvalue weighted by Crippen LogP contribution is -2.46. The largest absolute Gasteiger partial charge is 0.351 e. The normalized spacial score (nSPS) is 16.5. The molecule has 0 unspecified atom stereocenters. The van der Waals surface area contributed by atoms with E-state index < -0.39 is 5.82 Å². The number of piperazine rings is 1. The van der Waals surface area contributed by atoms with E-state index in [2.05, 4.69) is 15.5 Å². The summed E-state index contributed by atoms with van der Waals surface area (Å²) in [6.07, 6.45) is 0. The number of carbonyl (C=O) groups excluding carboxylic acids is 1. The Balaban J connectivity index is 1.76. The maximum atomic E-state index is 13.3. The first-order valence-corrected chi connectivity index (χ1v) is 6.23. The molecule has 1 saturated heterocycles. The minimum Gasteiger partial charge on any atom is -0.351 e. The molecule has 1 aliphatic rings. The Morgan fingerprint density at radius 3 is 2.78 bits per heavy atom. The van der Waals surface area contributed by atoms with Gasteiger partial charge in [0.25, 0.3) is 5.91 Å². The summed E-state index contributed by atoms with van der Waals surface area (Å²) in [6.45, 7) is 5.32. The van der Waals surface area contributed by atoms with Gasteiger partial charge in [0, 0.05) is 39.3 Å². The molecule has 0 atom stereocenters. The summed E-state index contributed by atoms with van der Waals surface area (Å²) < 4.78 is 13.3. The Hall–Kier alpha value is -1.46. The highest BCUT2D eigenvalue weighted by atomic mass is 18.2. The number of nitrogens with one attached hydrogen (secondary N) is 2. The monoisotopic (exact) mass is 250 g/mol. The summed E-state index contributed by atoms with van der Waals surface area (Å²) in [5.74, 6) is -0.819. The van der Waals surface area contributed by atoms with E-state index in [1.165, 1.54) is 12.1 Å². The number of rotatable bonds is 4. The second-order valence-corrected chi connectivity index (χ2v) is 4.33. The van der Waals surface area contributed by atoms with Crippen LogP contribution in [0, 0.1) is 5.82 Å². The molecule has 1 heterocycles. The van der Waals surface area contributed by atoms with Gasteiger partial charge in [-0.2, -0.15) is 0 Å². The molecule has 0 saturated carbocycles. The number of hydrogen-bond donors (Lipinski definition) is 2. The van der Waals surface area contributed by atoms with Crippen LogP contribution in [0.1, 0.15) is 10.4 Å². The number of benzene rings is 1. The Morgan fingerprint density at radius 1 is 1.33 bits per heavy atom. The van der Waals surface area contributed by atoms with Crippen molar-refractivity contribution in [2.24, 2.45) is 0 Å². The summed E-state index contributed by atoms with van der Waals surface area (Å²) in [6, 6.07) is 6.03. The van der Waals surface area contributed by atoms with Crippen LogP contribution in [-0.4, -0.2) is 50.1 Å². The first-order valence-electron chi connectivity index (χ1n) is 6.23. The van der Waals surface area contributed by atoms with Gasteiger partial charge >= 0.3 is 0 Å². The van der Waals surface area contributed by atoms with E-state index in [0.29, 0.717) is 6.54 Å². The van der Waals surface area contributed by atoms with Gasteiger partial charge < -0.3 is 10.6 Å². The first-order chi connectivity index (χ1) is 8.77. The van der Waals surface area contributed by atoms with Crippen LogP contribution in [0.4, 0.5) is 4.39 Å². The third-order valence-corrected chi connectivity index (χ3v) is 3.04. The number of nitrogens with zero attached hydrogens (tertiary/aromatic N) is 1. The van der Waals surface area contributed by atoms with E-state index in [9.17, 15) is 9.18 Å². The highest BCUT2D eigenvalue weighted by molar-refractivity contribution is 5.94. The fraction of sp³-hybridized carbons (Fsp3) is 0.462. The maximum absolute atomic E-state index is 13.3. The van der Waals surface area contributed by atoms with Crippen molar-refractivity contribution >= 4 is 5.91 Å². The Bertz CT molecular complexity index is 405. The van der Waals surface area contributed by atoms with Gasteiger partial charge in [-0.15, -0.1) is 0 Å². The summed E-state index contributed by atoms with van der Waals surface area (Å²) in [7, 11) is 0. The number of halogens is 1. The van der Waals surface area contributed by atoms with Crippen molar-refractivity contribution in [2.75, 3.05) is 39.3 Å². The topological polar surface area (TPSA) is 44.4 Å². The van der Waals surface area contributed by atoms with Gasteiger partial charge in [0.15, 0.2) is 0 Å². The van der Waals surface area contributed by atoms with Crippen molar-refractivity contribution in [3.8, 4) is 0 Å². The van der Waals surface area contributed by atoms with Crippen molar-refractivity contribution in [3.05, 3.63) is 35.6 Å². The number of amides is 1. The molecule has 0 aliphatic carbocycles. The molecule has 0 radical (unpaired) electrons. The summed E-state index contributed by atoms with van der Waals surface area (Å²) in [5, 5.41) is 6.01. The first kappa shape index (κ1) is 13.0. The Morgan fingerprint density at radius 2 is 2.06 bits per heavy atom. The van der Waals surface area contributed by atoms with Crippen LogP contribution >= 0.6 is 0 Å². The van der Waals surface area contributed by atoms with Crippen LogP contribution in [0.5, 0.6) is 0 Å². The second-order valence-electron chi connectivity index (χ2n) is 4.33. The van der Waals surface area contributed by atoms with E-state index >= 15 is 0 Å². The molecule has 2 rings (SSSR count). The maximum Gasteiger partial charge on any atom is 0.254 e. The Labute approximate surface area is 106 Å². The average Bonchev–Trinajstić information content (AvgIpc) is 2.40. The summed E-state index contributed by atoms with van der Waals surface area (Å²) in [5.41, 5.74) is 0.109. The SMILES string of the molecule is O=C(NCCN1CCNCC1)c1ccccc1[18F]. The minimum atomic E-state index is -0.475. The van der Waals surface area contributed by atoms with Crippen molar-refractivity contribution in [3.63, 3.8) is 0 Å². The zero-order valence-electron chi connectivity index (χ0n) is 10.3.